The number of rotatable bonds is 5. The molecular weight excluding hydrogens is 294 g/mol. The van der Waals surface area contributed by atoms with Crippen LogP contribution in [0.3, 0.4) is 0 Å². The Kier molecular flexibility index (Phi) is 4.82. The number of hydrogen-bond acceptors (Lipinski definition) is 3. The molecule has 3 nitrogen and oxygen atoms in total. The van der Waals surface area contributed by atoms with Gasteiger partial charge in [0.2, 0.25) is 0 Å². The van der Waals surface area contributed by atoms with Gasteiger partial charge in [0.25, 0.3) is 0 Å². The molecule has 0 aromatic heterocycles. The molecular formula is C15H14ClNO2S. The molecule has 0 saturated carbocycles. The van der Waals surface area contributed by atoms with Crippen molar-refractivity contribution in [1.29, 1.82) is 0 Å². The van der Waals surface area contributed by atoms with Crippen molar-refractivity contribution in [3.8, 4) is 11.5 Å². The van der Waals surface area contributed by atoms with Gasteiger partial charge in [0.15, 0.2) is 0 Å². The number of nitrogens with two attached hydrogens (primary N) is 1. The monoisotopic (exact) mass is 307 g/mol. The predicted molar refractivity (Wildman–Crippen MR) is 84.7 cm³/mol. The van der Waals surface area contributed by atoms with Crippen LogP contribution in [0.2, 0.25) is 5.02 Å². The van der Waals surface area contributed by atoms with E-state index >= 15 is 0 Å². The molecule has 0 aliphatic heterocycles. The zero-order valence-corrected chi connectivity index (χ0v) is 12.5. The van der Waals surface area contributed by atoms with E-state index in [4.69, 9.17) is 39.0 Å². The molecule has 2 aromatic rings. The summed E-state index contributed by atoms with van der Waals surface area (Å²) in [6.45, 7) is 0.378. The van der Waals surface area contributed by atoms with Crippen molar-refractivity contribution in [2.75, 3.05) is 7.11 Å². The fourth-order valence-corrected chi connectivity index (χ4v) is 2.01. The Labute approximate surface area is 128 Å². The van der Waals surface area contributed by atoms with E-state index in [0.29, 0.717) is 16.6 Å². The summed E-state index contributed by atoms with van der Waals surface area (Å²) in [5.74, 6) is 1.54. The molecule has 0 aliphatic rings. The van der Waals surface area contributed by atoms with Crippen molar-refractivity contribution in [2.45, 2.75) is 6.61 Å². The molecule has 104 valence electrons. The Bertz CT molecular complexity index is 614. The van der Waals surface area contributed by atoms with E-state index in [0.717, 1.165) is 22.6 Å². The van der Waals surface area contributed by atoms with Crippen LogP contribution in [0.4, 0.5) is 0 Å². The van der Waals surface area contributed by atoms with E-state index < -0.39 is 0 Å². The van der Waals surface area contributed by atoms with Crippen LogP contribution in [-0.2, 0) is 6.61 Å². The van der Waals surface area contributed by atoms with E-state index in [1.165, 1.54) is 0 Å². The zero-order chi connectivity index (χ0) is 14.5. The van der Waals surface area contributed by atoms with Gasteiger partial charge in [0, 0.05) is 16.1 Å². The maximum absolute atomic E-state index is 6.17. The lowest BCUT2D eigenvalue weighted by atomic mass is 10.1. The maximum atomic E-state index is 6.17. The van der Waals surface area contributed by atoms with Gasteiger partial charge in [-0.2, -0.15) is 0 Å². The van der Waals surface area contributed by atoms with E-state index in [-0.39, 0.29) is 0 Å². The number of hydrogen-bond donors (Lipinski definition) is 1. The minimum Gasteiger partial charge on any atom is -0.497 e. The van der Waals surface area contributed by atoms with Gasteiger partial charge in [-0.1, -0.05) is 36.0 Å². The smallest absolute Gasteiger partial charge is 0.120 e. The highest BCUT2D eigenvalue weighted by molar-refractivity contribution is 7.80. The van der Waals surface area contributed by atoms with Crippen molar-refractivity contribution in [3.63, 3.8) is 0 Å². The summed E-state index contributed by atoms with van der Waals surface area (Å²) in [4.78, 5) is 0.328. The van der Waals surface area contributed by atoms with Gasteiger partial charge in [0.1, 0.15) is 23.1 Å². The predicted octanol–water partition coefficient (Wildman–Crippen LogP) is 3.56. The average Bonchev–Trinajstić information content (AvgIpc) is 2.46. The number of ether oxygens (including phenoxy) is 2. The van der Waals surface area contributed by atoms with Gasteiger partial charge >= 0.3 is 0 Å². The van der Waals surface area contributed by atoms with Gasteiger partial charge in [-0.3, -0.25) is 0 Å². The standard InChI is InChI=1S/C15H14ClNO2S/c1-18-12-4-6-13(7-5-12)19-9-11-3-2-10(15(17)20)8-14(11)16/h2-8H,9H2,1H3,(H2,17,20). The van der Waals surface area contributed by atoms with Crippen LogP contribution < -0.4 is 15.2 Å². The van der Waals surface area contributed by atoms with Gasteiger partial charge in [0.05, 0.1) is 7.11 Å². The summed E-state index contributed by atoms with van der Waals surface area (Å²) < 4.78 is 10.8. The highest BCUT2D eigenvalue weighted by atomic mass is 35.5. The summed E-state index contributed by atoms with van der Waals surface area (Å²) in [6, 6.07) is 12.8. The highest BCUT2D eigenvalue weighted by Gasteiger charge is 2.05. The van der Waals surface area contributed by atoms with Gasteiger partial charge in [-0.25, -0.2) is 0 Å². The Morgan fingerprint density at radius 1 is 1.15 bits per heavy atom. The molecule has 0 aliphatic carbocycles. The lowest BCUT2D eigenvalue weighted by Crippen LogP contribution is -2.09. The second kappa shape index (κ2) is 6.59. The fourth-order valence-electron chi connectivity index (χ4n) is 1.65. The van der Waals surface area contributed by atoms with E-state index in [9.17, 15) is 0 Å². The lowest BCUT2D eigenvalue weighted by Gasteiger charge is -2.09. The Hall–Kier alpha value is -1.78. The molecule has 2 aromatic carbocycles. The third-order valence-electron chi connectivity index (χ3n) is 2.79. The van der Waals surface area contributed by atoms with Crippen molar-refractivity contribution in [3.05, 3.63) is 58.6 Å². The average molecular weight is 308 g/mol. The lowest BCUT2D eigenvalue weighted by molar-refractivity contribution is 0.305. The Morgan fingerprint density at radius 3 is 2.35 bits per heavy atom. The molecule has 5 heteroatoms. The molecule has 0 heterocycles. The fraction of sp³-hybridized carbons (Fsp3) is 0.133. The summed E-state index contributed by atoms with van der Waals surface area (Å²) in [5.41, 5.74) is 7.18. The molecule has 0 fully saturated rings. The minimum atomic E-state index is 0.328. The Morgan fingerprint density at radius 2 is 1.80 bits per heavy atom. The SMILES string of the molecule is COc1ccc(OCc2ccc(C(N)=S)cc2Cl)cc1. The second-order valence-electron chi connectivity index (χ2n) is 4.13. The quantitative estimate of drug-likeness (QED) is 0.858. The highest BCUT2D eigenvalue weighted by Crippen LogP contribution is 2.22. The summed E-state index contributed by atoms with van der Waals surface area (Å²) in [5, 5.41) is 0.587. The normalized spacial score (nSPS) is 10.1. The molecule has 0 bridgehead atoms. The molecule has 0 amide bonds. The van der Waals surface area contributed by atoms with Crippen molar-refractivity contribution in [2.24, 2.45) is 5.73 Å². The number of halogens is 1. The zero-order valence-electron chi connectivity index (χ0n) is 10.9. The first-order valence-corrected chi connectivity index (χ1v) is 6.74. The molecule has 0 saturated heterocycles. The van der Waals surface area contributed by atoms with Crippen LogP contribution in [0, 0.1) is 0 Å². The van der Waals surface area contributed by atoms with E-state index in [2.05, 4.69) is 0 Å². The first kappa shape index (κ1) is 14.6. The van der Waals surface area contributed by atoms with E-state index in [1.807, 2.05) is 36.4 Å². The molecule has 2 N–H and O–H groups in total. The number of thiocarbonyl (C=S) groups is 1. The van der Waals surface area contributed by atoms with Crippen LogP contribution in [0.1, 0.15) is 11.1 Å². The molecule has 2 rings (SSSR count). The van der Waals surface area contributed by atoms with Crippen molar-refractivity contribution < 1.29 is 9.47 Å². The van der Waals surface area contributed by atoms with E-state index in [1.54, 1.807) is 13.2 Å². The molecule has 0 atom stereocenters. The van der Waals surface area contributed by atoms with Crippen LogP contribution in [0.5, 0.6) is 11.5 Å². The summed E-state index contributed by atoms with van der Waals surface area (Å²) >= 11 is 11.1. The van der Waals surface area contributed by atoms with Crippen LogP contribution in [0.15, 0.2) is 42.5 Å². The number of methoxy groups -OCH3 is 1. The first-order valence-electron chi connectivity index (χ1n) is 5.95. The topological polar surface area (TPSA) is 44.5 Å². The second-order valence-corrected chi connectivity index (χ2v) is 4.98. The molecule has 20 heavy (non-hydrogen) atoms. The maximum Gasteiger partial charge on any atom is 0.120 e. The largest absolute Gasteiger partial charge is 0.497 e. The molecule has 0 unspecified atom stereocenters. The minimum absolute atomic E-state index is 0.328. The van der Waals surface area contributed by atoms with Crippen molar-refractivity contribution in [1.82, 2.24) is 0 Å². The summed E-state index contributed by atoms with van der Waals surface area (Å²) in [7, 11) is 1.62. The van der Waals surface area contributed by atoms with Gasteiger partial charge in [-0.15, -0.1) is 0 Å². The van der Waals surface area contributed by atoms with Crippen LogP contribution in [0.25, 0.3) is 0 Å². The van der Waals surface area contributed by atoms with Gasteiger partial charge in [-0.05, 0) is 30.3 Å². The summed E-state index contributed by atoms with van der Waals surface area (Å²) in [6.07, 6.45) is 0. The third-order valence-corrected chi connectivity index (χ3v) is 3.38. The molecule has 0 radical (unpaired) electrons. The van der Waals surface area contributed by atoms with Gasteiger partial charge < -0.3 is 15.2 Å². The number of benzene rings is 2. The van der Waals surface area contributed by atoms with Crippen LogP contribution >= 0.6 is 23.8 Å². The Balaban J connectivity index is 2.04. The molecule has 0 spiro atoms. The van der Waals surface area contributed by atoms with Crippen LogP contribution in [-0.4, -0.2) is 12.1 Å². The van der Waals surface area contributed by atoms with Crippen molar-refractivity contribution >= 4 is 28.8 Å². The first-order chi connectivity index (χ1) is 9.60. The third kappa shape index (κ3) is 3.62.